The molecular formula is C18H20O6. The van der Waals surface area contributed by atoms with Crippen molar-refractivity contribution >= 4 is 0 Å². The molecular weight excluding hydrogens is 312 g/mol. The molecule has 2 N–H and O–H groups in total. The minimum atomic E-state index is -0.799. The number of benzene rings is 2. The van der Waals surface area contributed by atoms with Gasteiger partial charge in [0.2, 0.25) is 0 Å². The van der Waals surface area contributed by atoms with Crippen molar-refractivity contribution in [3.05, 3.63) is 41.5 Å². The zero-order valence-electron chi connectivity index (χ0n) is 13.8. The number of phenolic OH excluding ortho intramolecular Hbond substituents is 1. The molecule has 2 unspecified atom stereocenters. The number of ether oxygens (including phenoxy) is 4. The highest BCUT2D eigenvalue weighted by atomic mass is 16.5. The van der Waals surface area contributed by atoms with E-state index in [-0.39, 0.29) is 18.3 Å². The molecule has 0 radical (unpaired) electrons. The number of rotatable bonds is 4. The molecule has 1 aliphatic heterocycles. The summed E-state index contributed by atoms with van der Waals surface area (Å²) in [6, 6.07) is 8.25. The topological polar surface area (TPSA) is 77.4 Å². The highest BCUT2D eigenvalue weighted by Crippen LogP contribution is 2.47. The Balaban J connectivity index is 2.02. The lowest BCUT2D eigenvalue weighted by Crippen LogP contribution is -2.24. The van der Waals surface area contributed by atoms with Gasteiger partial charge in [0, 0.05) is 23.3 Å². The summed E-state index contributed by atoms with van der Waals surface area (Å²) in [6.07, 6.45) is -0.799. The lowest BCUT2D eigenvalue weighted by atomic mass is 9.86. The number of aliphatic hydroxyl groups is 1. The lowest BCUT2D eigenvalue weighted by Gasteiger charge is -2.32. The van der Waals surface area contributed by atoms with E-state index in [0.29, 0.717) is 28.6 Å². The fraction of sp³-hybridized carbons (Fsp3) is 0.333. The number of aliphatic hydroxyl groups excluding tert-OH is 1. The summed E-state index contributed by atoms with van der Waals surface area (Å²) in [4.78, 5) is 0. The Morgan fingerprint density at radius 1 is 0.917 bits per heavy atom. The first kappa shape index (κ1) is 16.3. The minimum absolute atomic E-state index is 0.105. The number of methoxy groups -OCH3 is 3. The lowest BCUT2D eigenvalue weighted by molar-refractivity contribution is 0.0870. The predicted molar refractivity (Wildman–Crippen MR) is 87.4 cm³/mol. The van der Waals surface area contributed by atoms with E-state index in [2.05, 4.69) is 0 Å². The van der Waals surface area contributed by atoms with Crippen LogP contribution in [0.1, 0.15) is 23.1 Å². The van der Waals surface area contributed by atoms with E-state index < -0.39 is 6.10 Å². The van der Waals surface area contributed by atoms with Crippen molar-refractivity contribution in [3.63, 3.8) is 0 Å². The summed E-state index contributed by atoms with van der Waals surface area (Å²) < 4.78 is 21.7. The summed E-state index contributed by atoms with van der Waals surface area (Å²) in [5, 5.41) is 20.5. The van der Waals surface area contributed by atoms with Gasteiger partial charge in [-0.2, -0.15) is 0 Å². The summed E-state index contributed by atoms with van der Waals surface area (Å²) in [5.41, 5.74) is 1.39. The van der Waals surface area contributed by atoms with Crippen molar-refractivity contribution < 1.29 is 29.2 Å². The molecule has 0 aromatic heterocycles. The van der Waals surface area contributed by atoms with Crippen molar-refractivity contribution in [2.45, 2.75) is 12.0 Å². The number of hydrogen-bond donors (Lipinski definition) is 2. The van der Waals surface area contributed by atoms with Crippen LogP contribution in [0.5, 0.6) is 28.7 Å². The average molecular weight is 332 g/mol. The largest absolute Gasteiger partial charge is 0.508 e. The van der Waals surface area contributed by atoms with Crippen LogP contribution in [-0.4, -0.2) is 38.1 Å². The van der Waals surface area contributed by atoms with Gasteiger partial charge in [-0.15, -0.1) is 0 Å². The second kappa shape index (κ2) is 6.49. The van der Waals surface area contributed by atoms with E-state index >= 15 is 0 Å². The van der Waals surface area contributed by atoms with Crippen molar-refractivity contribution in [2.75, 3.05) is 27.9 Å². The molecule has 1 aliphatic rings. The molecule has 6 nitrogen and oxygen atoms in total. The zero-order chi connectivity index (χ0) is 17.3. The SMILES string of the molecule is COc1cc2c(cc1OC)C(O)C(c1ccc(O)cc1OC)CO2. The second-order valence-corrected chi connectivity index (χ2v) is 5.53. The Bertz CT molecular complexity index is 743. The van der Waals surface area contributed by atoms with Crippen molar-refractivity contribution in [3.8, 4) is 28.7 Å². The summed E-state index contributed by atoms with van der Waals surface area (Å²) in [5.74, 6) is 1.92. The van der Waals surface area contributed by atoms with Crippen LogP contribution in [0.3, 0.4) is 0 Å². The molecule has 0 amide bonds. The maximum Gasteiger partial charge on any atom is 0.164 e. The standard InChI is InChI=1S/C18H20O6/c1-21-14-6-10(19)4-5-11(14)13-9-24-15-8-17(23-3)16(22-2)7-12(15)18(13)20/h4-8,13,18-20H,9H2,1-3H3. The summed E-state index contributed by atoms with van der Waals surface area (Å²) in [6.45, 7) is 0.283. The monoisotopic (exact) mass is 332 g/mol. The molecule has 2 aromatic carbocycles. The first-order valence-electron chi connectivity index (χ1n) is 7.52. The molecule has 0 saturated heterocycles. The van der Waals surface area contributed by atoms with Gasteiger partial charge in [-0.1, -0.05) is 6.07 Å². The normalized spacial score (nSPS) is 19.2. The highest BCUT2D eigenvalue weighted by molar-refractivity contribution is 5.54. The Morgan fingerprint density at radius 2 is 1.58 bits per heavy atom. The van der Waals surface area contributed by atoms with E-state index in [1.54, 1.807) is 38.5 Å². The Hall–Kier alpha value is -2.60. The zero-order valence-corrected chi connectivity index (χ0v) is 13.8. The van der Waals surface area contributed by atoms with Crippen LogP contribution in [0, 0.1) is 0 Å². The van der Waals surface area contributed by atoms with E-state index in [1.807, 2.05) is 0 Å². The Morgan fingerprint density at radius 3 is 2.25 bits per heavy atom. The number of fused-ring (bicyclic) bond motifs is 1. The molecule has 2 aromatic rings. The van der Waals surface area contributed by atoms with Gasteiger partial charge < -0.3 is 29.2 Å². The minimum Gasteiger partial charge on any atom is -0.508 e. The molecule has 1 heterocycles. The second-order valence-electron chi connectivity index (χ2n) is 5.53. The van der Waals surface area contributed by atoms with E-state index in [0.717, 1.165) is 5.56 Å². The first-order valence-corrected chi connectivity index (χ1v) is 7.52. The molecule has 0 fully saturated rings. The van der Waals surface area contributed by atoms with Gasteiger partial charge in [0.05, 0.1) is 40.0 Å². The molecule has 0 bridgehead atoms. The smallest absolute Gasteiger partial charge is 0.164 e. The van der Waals surface area contributed by atoms with Crippen LogP contribution in [0.15, 0.2) is 30.3 Å². The first-order chi connectivity index (χ1) is 11.6. The van der Waals surface area contributed by atoms with Gasteiger partial charge >= 0.3 is 0 Å². The van der Waals surface area contributed by atoms with E-state index in [1.165, 1.54) is 13.2 Å². The Labute approximate surface area is 140 Å². The fourth-order valence-electron chi connectivity index (χ4n) is 2.99. The molecule has 0 spiro atoms. The maximum absolute atomic E-state index is 10.9. The van der Waals surface area contributed by atoms with Crippen LogP contribution < -0.4 is 18.9 Å². The van der Waals surface area contributed by atoms with Gasteiger partial charge in [-0.3, -0.25) is 0 Å². The predicted octanol–water partition coefficient (Wildman–Crippen LogP) is 2.63. The molecule has 0 saturated carbocycles. The maximum atomic E-state index is 10.9. The van der Waals surface area contributed by atoms with Gasteiger partial charge in [-0.25, -0.2) is 0 Å². The molecule has 2 atom stereocenters. The third-order valence-corrected chi connectivity index (χ3v) is 4.25. The van der Waals surface area contributed by atoms with Gasteiger partial charge in [-0.05, 0) is 12.1 Å². The fourth-order valence-corrected chi connectivity index (χ4v) is 2.99. The van der Waals surface area contributed by atoms with Gasteiger partial charge in [0.15, 0.2) is 11.5 Å². The van der Waals surface area contributed by atoms with Crippen LogP contribution in [0.2, 0.25) is 0 Å². The van der Waals surface area contributed by atoms with Gasteiger partial charge in [0.1, 0.15) is 17.2 Å². The van der Waals surface area contributed by atoms with E-state index in [9.17, 15) is 10.2 Å². The van der Waals surface area contributed by atoms with Crippen LogP contribution in [0.4, 0.5) is 0 Å². The number of aromatic hydroxyl groups is 1. The van der Waals surface area contributed by atoms with Crippen LogP contribution in [0.25, 0.3) is 0 Å². The highest BCUT2D eigenvalue weighted by Gasteiger charge is 2.33. The van der Waals surface area contributed by atoms with Crippen molar-refractivity contribution in [1.29, 1.82) is 0 Å². The molecule has 24 heavy (non-hydrogen) atoms. The van der Waals surface area contributed by atoms with Crippen molar-refractivity contribution in [1.82, 2.24) is 0 Å². The third kappa shape index (κ3) is 2.69. The van der Waals surface area contributed by atoms with Gasteiger partial charge in [0.25, 0.3) is 0 Å². The molecule has 0 aliphatic carbocycles. The summed E-state index contributed by atoms with van der Waals surface area (Å²) >= 11 is 0. The molecule has 3 rings (SSSR count). The third-order valence-electron chi connectivity index (χ3n) is 4.25. The Kier molecular flexibility index (Phi) is 4.40. The average Bonchev–Trinajstić information content (AvgIpc) is 2.61. The number of hydrogen-bond acceptors (Lipinski definition) is 6. The summed E-state index contributed by atoms with van der Waals surface area (Å²) in [7, 11) is 4.62. The quantitative estimate of drug-likeness (QED) is 0.896. The molecule has 6 heteroatoms. The van der Waals surface area contributed by atoms with Crippen LogP contribution in [-0.2, 0) is 0 Å². The molecule has 128 valence electrons. The van der Waals surface area contributed by atoms with Crippen molar-refractivity contribution in [2.24, 2.45) is 0 Å². The number of phenols is 1. The van der Waals surface area contributed by atoms with E-state index in [4.69, 9.17) is 18.9 Å². The van der Waals surface area contributed by atoms with Crippen LogP contribution >= 0.6 is 0 Å².